The predicted molar refractivity (Wildman–Crippen MR) is 113 cm³/mol. The van der Waals surface area contributed by atoms with Crippen molar-refractivity contribution in [3.8, 4) is 5.75 Å². The predicted octanol–water partition coefficient (Wildman–Crippen LogP) is 5.34. The van der Waals surface area contributed by atoms with Gasteiger partial charge in [0.1, 0.15) is 23.2 Å². The van der Waals surface area contributed by atoms with Gasteiger partial charge in [-0.25, -0.2) is 9.37 Å². The molecule has 7 heteroatoms. The summed E-state index contributed by atoms with van der Waals surface area (Å²) < 4.78 is 20.2. The largest absolute Gasteiger partial charge is 0.486 e. The summed E-state index contributed by atoms with van der Waals surface area (Å²) in [5.41, 5.74) is 2.85. The molecule has 0 fully saturated rings. The Hall–Kier alpha value is -2.44. The molecule has 3 aromatic rings. The van der Waals surface area contributed by atoms with E-state index in [1.54, 1.807) is 6.07 Å². The van der Waals surface area contributed by atoms with Crippen LogP contribution in [0.25, 0.3) is 0 Å². The van der Waals surface area contributed by atoms with Crippen LogP contribution in [0.3, 0.4) is 0 Å². The maximum atomic E-state index is 14.4. The molecule has 0 radical (unpaired) electrons. The van der Waals surface area contributed by atoms with Crippen LogP contribution in [0.4, 0.5) is 10.1 Å². The average Bonchev–Trinajstić information content (AvgIpc) is 3.17. The number of aryl methyl sites for hydroxylation is 1. The van der Waals surface area contributed by atoms with E-state index in [2.05, 4.69) is 4.98 Å². The van der Waals surface area contributed by atoms with E-state index in [1.165, 1.54) is 27.9 Å². The number of amides is 1. The molecule has 4 nitrogen and oxygen atoms in total. The second kappa shape index (κ2) is 8.51. The third kappa shape index (κ3) is 4.43. The van der Waals surface area contributed by atoms with Crippen molar-refractivity contribution in [1.82, 2.24) is 4.98 Å². The number of benzene rings is 2. The van der Waals surface area contributed by atoms with E-state index in [9.17, 15) is 9.18 Å². The number of hydrogen-bond acceptors (Lipinski definition) is 4. The molecule has 1 aromatic heterocycles. The van der Waals surface area contributed by atoms with Gasteiger partial charge in [0.25, 0.3) is 0 Å². The minimum atomic E-state index is -0.414. The van der Waals surface area contributed by atoms with Crippen LogP contribution in [0.5, 0.6) is 5.75 Å². The Morgan fingerprint density at radius 3 is 2.86 bits per heavy atom. The molecule has 0 aliphatic carbocycles. The summed E-state index contributed by atoms with van der Waals surface area (Å²) in [5.74, 6) is 0.187. The molecule has 0 unspecified atom stereocenters. The van der Waals surface area contributed by atoms with Crippen molar-refractivity contribution < 1.29 is 13.9 Å². The first-order chi connectivity index (χ1) is 14.0. The second-order valence-electron chi connectivity index (χ2n) is 7.02. The zero-order valence-electron chi connectivity index (χ0n) is 16.0. The molecule has 150 valence electrons. The number of anilines is 1. The summed E-state index contributed by atoms with van der Waals surface area (Å²) in [6.07, 6.45) is 1.55. The molecule has 1 amide bonds. The molecule has 0 saturated heterocycles. The smallest absolute Gasteiger partial charge is 0.233 e. The summed E-state index contributed by atoms with van der Waals surface area (Å²) >= 11 is 7.66. The monoisotopic (exact) mass is 430 g/mol. The zero-order chi connectivity index (χ0) is 20.4. The van der Waals surface area contributed by atoms with Gasteiger partial charge < -0.3 is 9.64 Å². The molecule has 1 aliphatic rings. The topological polar surface area (TPSA) is 42.4 Å². The Kier molecular flexibility index (Phi) is 5.83. The molecular formula is C22H20ClFN2O2S. The van der Waals surface area contributed by atoms with E-state index in [1.807, 2.05) is 36.6 Å². The number of ether oxygens (including phenoxy) is 1. The SMILES string of the molecule is Cc1ccc(OCc2nc(CC(=O)N3CCCc4c(Cl)ccc(F)c43)cs2)cc1. The van der Waals surface area contributed by atoms with Gasteiger partial charge in [0.2, 0.25) is 5.91 Å². The fourth-order valence-electron chi connectivity index (χ4n) is 3.41. The molecule has 0 N–H and O–H groups in total. The van der Waals surface area contributed by atoms with Crippen molar-refractivity contribution in [2.75, 3.05) is 11.4 Å². The average molecular weight is 431 g/mol. The molecule has 0 saturated carbocycles. The van der Waals surface area contributed by atoms with E-state index in [-0.39, 0.29) is 12.3 Å². The number of nitrogens with zero attached hydrogens (tertiary/aromatic N) is 2. The zero-order valence-corrected chi connectivity index (χ0v) is 17.5. The molecule has 1 aliphatic heterocycles. The number of aromatic nitrogens is 1. The molecule has 29 heavy (non-hydrogen) atoms. The summed E-state index contributed by atoms with van der Waals surface area (Å²) in [4.78, 5) is 18.9. The highest BCUT2D eigenvalue weighted by Crippen LogP contribution is 2.35. The first-order valence-electron chi connectivity index (χ1n) is 9.41. The quantitative estimate of drug-likeness (QED) is 0.548. The fourth-order valence-corrected chi connectivity index (χ4v) is 4.37. The van der Waals surface area contributed by atoms with Crippen LogP contribution < -0.4 is 9.64 Å². The van der Waals surface area contributed by atoms with Crippen LogP contribution in [-0.2, 0) is 24.2 Å². The first-order valence-corrected chi connectivity index (χ1v) is 10.7. The van der Waals surface area contributed by atoms with E-state index in [0.29, 0.717) is 41.5 Å². The van der Waals surface area contributed by atoms with Gasteiger partial charge in [0.05, 0.1) is 17.8 Å². The fraction of sp³-hybridized carbons (Fsp3) is 0.273. The van der Waals surface area contributed by atoms with Crippen molar-refractivity contribution in [3.05, 3.63) is 74.4 Å². The van der Waals surface area contributed by atoms with E-state index < -0.39 is 5.82 Å². The summed E-state index contributed by atoms with van der Waals surface area (Å²) in [6, 6.07) is 10.7. The van der Waals surface area contributed by atoms with Crippen LogP contribution in [0.2, 0.25) is 5.02 Å². The number of thiazole rings is 1. The number of fused-ring (bicyclic) bond motifs is 1. The highest BCUT2D eigenvalue weighted by Gasteiger charge is 2.27. The molecular weight excluding hydrogens is 411 g/mol. The lowest BCUT2D eigenvalue weighted by Crippen LogP contribution is -2.37. The third-order valence-corrected chi connectivity index (χ3v) is 6.10. The Morgan fingerprint density at radius 2 is 2.07 bits per heavy atom. The first kappa shape index (κ1) is 19.9. The highest BCUT2D eigenvalue weighted by atomic mass is 35.5. The standard InChI is InChI=1S/C22H20ClFN2O2S/c1-14-4-6-16(7-5-14)28-12-20-25-15(13-29-20)11-21(27)26-10-2-3-17-18(23)8-9-19(24)22(17)26/h4-9,13H,2-3,10-12H2,1H3. The Morgan fingerprint density at radius 1 is 1.28 bits per heavy atom. The molecule has 0 atom stereocenters. The van der Waals surface area contributed by atoms with Gasteiger partial charge in [-0.15, -0.1) is 11.3 Å². The third-order valence-electron chi connectivity index (χ3n) is 4.87. The lowest BCUT2D eigenvalue weighted by atomic mass is 10.0. The number of carbonyl (C=O) groups is 1. The summed E-state index contributed by atoms with van der Waals surface area (Å²) in [7, 11) is 0. The molecule has 0 spiro atoms. The minimum Gasteiger partial charge on any atom is -0.486 e. The lowest BCUT2D eigenvalue weighted by Gasteiger charge is -2.30. The number of rotatable bonds is 5. The lowest BCUT2D eigenvalue weighted by molar-refractivity contribution is -0.118. The summed E-state index contributed by atoms with van der Waals surface area (Å²) in [5, 5.41) is 3.15. The van der Waals surface area contributed by atoms with Crippen LogP contribution in [0.15, 0.2) is 41.8 Å². The maximum absolute atomic E-state index is 14.4. The molecule has 0 bridgehead atoms. The van der Waals surface area contributed by atoms with Crippen LogP contribution in [0, 0.1) is 12.7 Å². The van der Waals surface area contributed by atoms with Gasteiger partial charge >= 0.3 is 0 Å². The van der Waals surface area contributed by atoms with Gasteiger partial charge in [0.15, 0.2) is 0 Å². The van der Waals surface area contributed by atoms with Gasteiger partial charge in [0, 0.05) is 16.9 Å². The van der Waals surface area contributed by atoms with E-state index in [4.69, 9.17) is 16.3 Å². The second-order valence-corrected chi connectivity index (χ2v) is 8.37. The van der Waals surface area contributed by atoms with Crippen LogP contribution in [-0.4, -0.2) is 17.4 Å². The van der Waals surface area contributed by atoms with E-state index in [0.717, 1.165) is 17.2 Å². The van der Waals surface area contributed by atoms with Gasteiger partial charge in [-0.05, 0) is 49.6 Å². The van der Waals surface area contributed by atoms with Crippen molar-refractivity contribution in [2.45, 2.75) is 32.8 Å². The Labute approximate surface area is 177 Å². The van der Waals surface area contributed by atoms with Crippen molar-refractivity contribution in [2.24, 2.45) is 0 Å². The van der Waals surface area contributed by atoms with Gasteiger partial charge in [-0.2, -0.15) is 0 Å². The normalized spacial score (nSPS) is 13.3. The Balaban J connectivity index is 1.43. The van der Waals surface area contributed by atoms with Gasteiger partial charge in [-0.3, -0.25) is 4.79 Å². The maximum Gasteiger partial charge on any atom is 0.233 e. The van der Waals surface area contributed by atoms with Crippen LogP contribution >= 0.6 is 22.9 Å². The molecule has 4 rings (SSSR count). The van der Waals surface area contributed by atoms with Gasteiger partial charge in [-0.1, -0.05) is 29.3 Å². The summed E-state index contributed by atoms with van der Waals surface area (Å²) in [6.45, 7) is 2.85. The van der Waals surface area contributed by atoms with E-state index >= 15 is 0 Å². The van der Waals surface area contributed by atoms with Crippen molar-refractivity contribution in [3.63, 3.8) is 0 Å². The van der Waals surface area contributed by atoms with Crippen molar-refractivity contribution in [1.29, 1.82) is 0 Å². The molecule has 2 heterocycles. The number of halogens is 2. The van der Waals surface area contributed by atoms with Crippen molar-refractivity contribution >= 4 is 34.5 Å². The minimum absolute atomic E-state index is 0.117. The number of hydrogen-bond donors (Lipinski definition) is 0. The molecule has 2 aromatic carbocycles. The van der Waals surface area contributed by atoms with Crippen LogP contribution in [0.1, 0.15) is 28.2 Å². The Bertz CT molecular complexity index is 1040. The number of carbonyl (C=O) groups excluding carboxylic acids is 1. The highest BCUT2D eigenvalue weighted by molar-refractivity contribution is 7.09.